The van der Waals surface area contributed by atoms with Gasteiger partial charge in [0.25, 0.3) is 0 Å². The summed E-state index contributed by atoms with van der Waals surface area (Å²) >= 11 is 0. The third kappa shape index (κ3) is 2.75. The van der Waals surface area contributed by atoms with Gasteiger partial charge < -0.3 is 25.4 Å². The molecule has 120 valence electrons. The molecule has 1 saturated heterocycles. The van der Waals surface area contributed by atoms with Crippen molar-refractivity contribution in [2.24, 2.45) is 5.11 Å². The van der Waals surface area contributed by atoms with Crippen molar-refractivity contribution in [1.29, 1.82) is 0 Å². The van der Waals surface area contributed by atoms with E-state index in [4.69, 9.17) is 20.7 Å². The van der Waals surface area contributed by atoms with Gasteiger partial charge in [-0.1, -0.05) is 5.11 Å². The molecule has 4 atom stereocenters. The van der Waals surface area contributed by atoms with Gasteiger partial charge >= 0.3 is 5.69 Å². The van der Waals surface area contributed by atoms with Gasteiger partial charge in [-0.2, -0.15) is 4.98 Å². The lowest BCUT2D eigenvalue weighted by atomic mass is 9.94. The number of hydrogen-bond acceptors (Lipinski definition) is 8. The van der Waals surface area contributed by atoms with Crippen molar-refractivity contribution in [3.63, 3.8) is 0 Å². The van der Waals surface area contributed by atoms with Gasteiger partial charge in [-0.15, -0.1) is 0 Å². The molecule has 2 rings (SSSR count). The van der Waals surface area contributed by atoms with E-state index < -0.39 is 36.3 Å². The van der Waals surface area contributed by atoms with Gasteiger partial charge in [0.1, 0.15) is 23.6 Å². The number of aromatic nitrogens is 2. The van der Waals surface area contributed by atoms with Crippen LogP contribution in [0.15, 0.2) is 22.2 Å². The Labute approximate surface area is 124 Å². The summed E-state index contributed by atoms with van der Waals surface area (Å²) in [4.78, 5) is 18.1. The largest absolute Gasteiger partial charge is 0.393 e. The zero-order valence-electron chi connectivity index (χ0n) is 11.7. The van der Waals surface area contributed by atoms with Gasteiger partial charge in [-0.25, -0.2) is 4.79 Å². The van der Waals surface area contributed by atoms with Crippen molar-refractivity contribution >= 4 is 5.82 Å². The highest BCUT2D eigenvalue weighted by molar-refractivity contribution is 5.23. The predicted octanol–water partition coefficient (Wildman–Crippen LogP) is -1.23. The van der Waals surface area contributed by atoms with Gasteiger partial charge in [-0.05, 0) is 11.6 Å². The minimum Gasteiger partial charge on any atom is -0.393 e. The predicted molar refractivity (Wildman–Crippen MR) is 73.7 cm³/mol. The minimum absolute atomic E-state index is 0.0434. The molecular weight excluding hydrogens is 296 g/mol. The molecule has 0 aromatic carbocycles. The molecule has 1 aromatic heterocycles. The van der Waals surface area contributed by atoms with E-state index in [1.54, 1.807) is 0 Å². The highest BCUT2D eigenvalue weighted by atomic mass is 16.6. The molecular formula is C11H16N6O5. The van der Waals surface area contributed by atoms with Crippen LogP contribution in [0.4, 0.5) is 5.82 Å². The fraction of sp³-hybridized carbons (Fsp3) is 0.636. The SMILES string of the molecule is CO[C@@H]([C@@H]1OC[C@@](O)(CO)[C@H]1N=[N+]=[N-])n1ccc(N)nc1=O. The number of ether oxygens (including phenoxy) is 2. The number of aliphatic hydroxyl groups is 2. The highest BCUT2D eigenvalue weighted by Crippen LogP contribution is 2.33. The normalized spacial score (nSPS) is 29.0. The van der Waals surface area contributed by atoms with E-state index >= 15 is 0 Å². The maximum absolute atomic E-state index is 11.9. The number of anilines is 1. The number of azide groups is 1. The third-order valence-electron chi connectivity index (χ3n) is 3.49. The number of nitrogen functional groups attached to an aromatic ring is 1. The van der Waals surface area contributed by atoms with E-state index in [2.05, 4.69) is 15.0 Å². The molecule has 0 saturated carbocycles. The number of nitrogens with zero attached hydrogens (tertiary/aromatic N) is 5. The molecule has 22 heavy (non-hydrogen) atoms. The number of nitrogens with two attached hydrogens (primary N) is 1. The molecule has 0 bridgehead atoms. The molecule has 1 fully saturated rings. The molecule has 1 aliphatic rings. The van der Waals surface area contributed by atoms with Crippen molar-refractivity contribution in [1.82, 2.24) is 9.55 Å². The van der Waals surface area contributed by atoms with Crippen LogP contribution < -0.4 is 11.4 Å². The van der Waals surface area contributed by atoms with Crippen LogP contribution in [0.5, 0.6) is 0 Å². The minimum atomic E-state index is -1.75. The Kier molecular flexibility index (Phi) is 4.64. The van der Waals surface area contributed by atoms with E-state index in [1.807, 2.05) is 0 Å². The summed E-state index contributed by atoms with van der Waals surface area (Å²) in [5.41, 5.74) is 11.6. The first-order valence-electron chi connectivity index (χ1n) is 6.33. The quantitative estimate of drug-likeness (QED) is 0.347. The second-order valence-corrected chi connectivity index (χ2v) is 4.86. The first kappa shape index (κ1) is 16.2. The number of methoxy groups -OCH3 is 1. The van der Waals surface area contributed by atoms with Crippen LogP contribution in [0.25, 0.3) is 10.4 Å². The van der Waals surface area contributed by atoms with Crippen molar-refractivity contribution in [3.8, 4) is 0 Å². The van der Waals surface area contributed by atoms with Gasteiger partial charge in [0, 0.05) is 18.2 Å². The van der Waals surface area contributed by atoms with Crippen LogP contribution in [-0.4, -0.2) is 57.8 Å². The monoisotopic (exact) mass is 312 g/mol. The zero-order chi connectivity index (χ0) is 16.3. The van der Waals surface area contributed by atoms with E-state index in [0.29, 0.717) is 0 Å². The maximum atomic E-state index is 11.9. The second kappa shape index (κ2) is 6.30. The third-order valence-corrected chi connectivity index (χ3v) is 3.49. The van der Waals surface area contributed by atoms with Crippen LogP contribution in [0.3, 0.4) is 0 Å². The summed E-state index contributed by atoms with van der Waals surface area (Å²) in [6.45, 7) is -0.937. The van der Waals surface area contributed by atoms with E-state index in [-0.39, 0.29) is 12.4 Å². The van der Waals surface area contributed by atoms with Crippen LogP contribution in [-0.2, 0) is 9.47 Å². The fourth-order valence-electron chi connectivity index (χ4n) is 2.35. The number of aliphatic hydroxyl groups excluding tert-OH is 1. The summed E-state index contributed by atoms with van der Waals surface area (Å²) in [5.74, 6) is 0.0434. The molecule has 1 aromatic rings. The first-order chi connectivity index (χ1) is 10.5. The molecule has 11 nitrogen and oxygen atoms in total. The Morgan fingerprint density at radius 3 is 3.09 bits per heavy atom. The van der Waals surface area contributed by atoms with Crippen LogP contribution >= 0.6 is 0 Å². The number of rotatable bonds is 5. The average Bonchev–Trinajstić information content (AvgIpc) is 2.81. The fourth-order valence-corrected chi connectivity index (χ4v) is 2.35. The Morgan fingerprint density at radius 2 is 2.55 bits per heavy atom. The Balaban J connectivity index is 2.42. The molecule has 0 aliphatic carbocycles. The van der Waals surface area contributed by atoms with E-state index in [0.717, 1.165) is 4.57 Å². The lowest BCUT2D eigenvalue weighted by Crippen LogP contribution is -2.48. The molecule has 11 heteroatoms. The Morgan fingerprint density at radius 1 is 1.82 bits per heavy atom. The van der Waals surface area contributed by atoms with Gasteiger partial charge in [0.15, 0.2) is 6.23 Å². The van der Waals surface area contributed by atoms with Gasteiger partial charge in [-0.3, -0.25) is 4.57 Å². The van der Waals surface area contributed by atoms with Crippen molar-refractivity contribution < 1.29 is 19.7 Å². The van der Waals surface area contributed by atoms with Gasteiger partial charge in [0.2, 0.25) is 0 Å². The molecule has 1 aliphatic heterocycles. The first-order valence-corrected chi connectivity index (χ1v) is 6.33. The lowest BCUT2D eigenvalue weighted by Gasteiger charge is -2.29. The summed E-state index contributed by atoms with van der Waals surface area (Å²) < 4.78 is 11.7. The Hall–Kier alpha value is -2.17. The van der Waals surface area contributed by atoms with Crippen LogP contribution in [0, 0.1) is 0 Å². The van der Waals surface area contributed by atoms with Gasteiger partial charge in [0.05, 0.1) is 13.2 Å². The second-order valence-electron chi connectivity index (χ2n) is 4.86. The maximum Gasteiger partial charge on any atom is 0.351 e. The molecule has 2 heterocycles. The smallest absolute Gasteiger partial charge is 0.351 e. The summed E-state index contributed by atoms with van der Waals surface area (Å²) in [5, 5.41) is 23.0. The van der Waals surface area contributed by atoms with Crippen molar-refractivity contribution in [2.75, 3.05) is 26.1 Å². The molecule has 0 spiro atoms. The molecule has 0 amide bonds. The standard InChI is InChI=1S/C11H16N6O5/c1-21-9(17-3-2-6(12)14-10(17)19)7-8(15-16-13)11(20,4-18)5-22-7/h2-3,7-9,18,20H,4-5H2,1H3,(H2,12,14,19)/t7-,8+,9+,11+/m1/s1. The van der Waals surface area contributed by atoms with Crippen molar-refractivity contribution in [2.45, 2.75) is 24.0 Å². The van der Waals surface area contributed by atoms with E-state index in [9.17, 15) is 15.0 Å². The summed E-state index contributed by atoms with van der Waals surface area (Å²) in [6, 6.07) is 0.250. The molecule has 0 unspecified atom stereocenters. The van der Waals surface area contributed by atoms with Crippen LogP contribution in [0.2, 0.25) is 0 Å². The molecule has 0 radical (unpaired) electrons. The topological polar surface area (TPSA) is 169 Å². The van der Waals surface area contributed by atoms with Crippen LogP contribution in [0.1, 0.15) is 6.23 Å². The average molecular weight is 312 g/mol. The zero-order valence-corrected chi connectivity index (χ0v) is 11.7. The summed E-state index contributed by atoms with van der Waals surface area (Å²) in [7, 11) is 1.32. The molecule has 4 N–H and O–H groups in total. The van der Waals surface area contributed by atoms with Crippen molar-refractivity contribution in [3.05, 3.63) is 33.2 Å². The number of hydrogen-bond donors (Lipinski definition) is 3. The highest BCUT2D eigenvalue weighted by Gasteiger charge is 2.51. The summed E-state index contributed by atoms with van der Waals surface area (Å²) in [6.07, 6.45) is -0.649. The Bertz CT molecular complexity index is 644. The lowest BCUT2D eigenvalue weighted by molar-refractivity contribution is -0.0751. The van der Waals surface area contributed by atoms with E-state index in [1.165, 1.54) is 19.4 Å².